The van der Waals surface area contributed by atoms with E-state index < -0.39 is 11.4 Å². The highest BCUT2D eigenvalue weighted by atomic mass is 16.5. The summed E-state index contributed by atoms with van der Waals surface area (Å²) in [5, 5.41) is 2.71. The molecule has 0 unspecified atom stereocenters. The average molecular weight is 222 g/mol. The molecule has 1 saturated carbocycles. The number of hydrogen-bond acceptors (Lipinski definition) is 3. The van der Waals surface area contributed by atoms with Gasteiger partial charge in [0.05, 0.1) is 12.8 Å². The van der Waals surface area contributed by atoms with Crippen molar-refractivity contribution in [2.45, 2.75) is 19.3 Å². The van der Waals surface area contributed by atoms with Crippen molar-refractivity contribution in [1.29, 1.82) is 0 Å². The van der Waals surface area contributed by atoms with Crippen molar-refractivity contribution in [2.75, 3.05) is 12.4 Å². The fourth-order valence-corrected chi connectivity index (χ4v) is 1.90. The van der Waals surface area contributed by atoms with E-state index in [0.29, 0.717) is 18.5 Å². The maximum absolute atomic E-state index is 12.0. The van der Waals surface area contributed by atoms with Crippen molar-refractivity contribution >= 4 is 17.6 Å². The second-order valence-corrected chi connectivity index (χ2v) is 3.98. The molecule has 0 spiro atoms. The maximum atomic E-state index is 12.0. The van der Waals surface area contributed by atoms with Gasteiger partial charge < -0.3 is 15.0 Å². The summed E-state index contributed by atoms with van der Waals surface area (Å²) in [6.07, 6.45) is 5.39. The molecule has 1 aromatic heterocycles. The molecule has 0 bridgehead atoms. The third-order valence-electron chi connectivity index (χ3n) is 3.07. The molecule has 2 rings (SSSR count). The Morgan fingerprint density at radius 1 is 1.50 bits per heavy atom. The SMILES string of the molecule is COC(=O)C1(C(=O)Nc2cc[nH]c2)CCC1. The van der Waals surface area contributed by atoms with E-state index in [1.165, 1.54) is 7.11 Å². The normalized spacial score (nSPS) is 17.3. The van der Waals surface area contributed by atoms with Crippen LogP contribution < -0.4 is 5.32 Å². The second kappa shape index (κ2) is 4.00. The molecule has 2 N–H and O–H groups in total. The molecule has 1 amide bonds. The van der Waals surface area contributed by atoms with Crippen molar-refractivity contribution in [3.63, 3.8) is 0 Å². The maximum Gasteiger partial charge on any atom is 0.321 e. The summed E-state index contributed by atoms with van der Waals surface area (Å²) >= 11 is 0. The molecule has 5 nitrogen and oxygen atoms in total. The topological polar surface area (TPSA) is 71.2 Å². The molecular formula is C11H14N2O3. The van der Waals surface area contributed by atoms with E-state index in [1.807, 2.05) is 0 Å². The van der Waals surface area contributed by atoms with E-state index in [9.17, 15) is 9.59 Å². The summed E-state index contributed by atoms with van der Waals surface area (Å²) in [4.78, 5) is 26.4. The number of hydrogen-bond donors (Lipinski definition) is 2. The van der Waals surface area contributed by atoms with Crippen molar-refractivity contribution in [1.82, 2.24) is 4.98 Å². The minimum absolute atomic E-state index is 0.273. The molecule has 0 aromatic carbocycles. The first-order chi connectivity index (χ1) is 7.69. The lowest BCUT2D eigenvalue weighted by molar-refractivity contribution is -0.163. The van der Waals surface area contributed by atoms with Gasteiger partial charge in [-0.2, -0.15) is 0 Å². The lowest BCUT2D eigenvalue weighted by atomic mass is 9.68. The largest absolute Gasteiger partial charge is 0.468 e. The van der Waals surface area contributed by atoms with Gasteiger partial charge in [-0.05, 0) is 18.9 Å². The third kappa shape index (κ3) is 1.58. The Hall–Kier alpha value is -1.78. The van der Waals surface area contributed by atoms with E-state index >= 15 is 0 Å². The third-order valence-corrected chi connectivity index (χ3v) is 3.07. The van der Waals surface area contributed by atoms with Gasteiger partial charge in [0.25, 0.3) is 0 Å². The van der Waals surface area contributed by atoms with Gasteiger partial charge in [-0.1, -0.05) is 6.42 Å². The van der Waals surface area contributed by atoms with Crippen LogP contribution in [0.25, 0.3) is 0 Å². The van der Waals surface area contributed by atoms with E-state index in [1.54, 1.807) is 18.5 Å². The molecule has 1 aliphatic rings. The fourth-order valence-electron chi connectivity index (χ4n) is 1.90. The number of ether oxygens (including phenoxy) is 1. The van der Waals surface area contributed by atoms with Gasteiger partial charge in [-0.15, -0.1) is 0 Å². The number of aromatic amines is 1. The predicted molar refractivity (Wildman–Crippen MR) is 57.7 cm³/mol. The monoisotopic (exact) mass is 222 g/mol. The fraction of sp³-hybridized carbons (Fsp3) is 0.455. The van der Waals surface area contributed by atoms with E-state index in [-0.39, 0.29) is 5.91 Å². The number of methoxy groups -OCH3 is 1. The van der Waals surface area contributed by atoms with Crippen LogP contribution in [0.15, 0.2) is 18.5 Å². The molecule has 0 radical (unpaired) electrons. The summed E-state index contributed by atoms with van der Waals surface area (Å²) in [6, 6.07) is 1.74. The van der Waals surface area contributed by atoms with Gasteiger partial charge in [0, 0.05) is 12.4 Å². The number of carbonyl (C=O) groups is 2. The lowest BCUT2D eigenvalue weighted by Crippen LogP contribution is -2.48. The number of rotatable bonds is 3. The van der Waals surface area contributed by atoms with E-state index in [0.717, 1.165) is 6.42 Å². The number of nitrogens with one attached hydrogen (secondary N) is 2. The minimum Gasteiger partial charge on any atom is -0.468 e. The zero-order valence-electron chi connectivity index (χ0n) is 9.08. The Kier molecular flexibility index (Phi) is 2.68. The Balaban J connectivity index is 2.10. The molecule has 1 heterocycles. The standard InChI is InChI=1S/C11H14N2O3/c1-16-10(15)11(4-2-5-11)9(14)13-8-3-6-12-7-8/h3,6-7,12H,2,4-5H2,1H3,(H,13,14). The van der Waals surface area contributed by atoms with Crippen LogP contribution in [-0.2, 0) is 14.3 Å². The van der Waals surface area contributed by atoms with Crippen LogP contribution in [-0.4, -0.2) is 24.0 Å². The number of H-pyrrole nitrogens is 1. The van der Waals surface area contributed by atoms with Crippen molar-refractivity contribution in [3.8, 4) is 0 Å². The summed E-state index contributed by atoms with van der Waals surface area (Å²) in [5.41, 5.74) is -0.299. The number of anilines is 1. The van der Waals surface area contributed by atoms with Crippen molar-refractivity contribution in [3.05, 3.63) is 18.5 Å². The molecular weight excluding hydrogens is 208 g/mol. The highest BCUT2D eigenvalue weighted by Gasteiger charge is 2.51. The highest BCUT2D eigenvalue weighted by molar-refractivity contribution is 6.09. The van der Waals surface area contributed by atoms with Gasteiger partial charge >= 0.3 is 5.97 Å². The first kappa shape index (κ1) is 10.7. The van der Waals surface area contributed by atoms with E-state index in [4.69, 9.17) is 4.74 Å². The van der Waals surface area contributed by atoms with Crippen LogP contribution in [0.4, 0.5) is 5.69 Å². The average Bonchev–Trinajstić information content (AvgIpc) is 2.68. The summed E-state index contributed by atoms with van der Waals surface area (Å²) < 4.78 is 4.69. The van der Waals surface area contributed by atoms with Crippen molar-refractivity contribution < 1.29 is 14.3 Å². The second-order valence-electron chi connectivity index (χ2n) is 3.98. The van der Waals surface area contributed by atoms with Gasteiger partial charge in [-0.3, -0.25) is 9.59 Å². The predicted octanol–water partition coefficient (Wildman–Crippen LogP) is 1.30. The summed E-state index contributed by atoms with van der Waals surface area (Å²) in [6.45, 7) is 0. The Labute approximate surface area is 93.2 Å². The molecule has 86 valence electrons. The summed E-state index contributed by atoms with van der Waals surface area (Å²) in [5.74, 6) is -0.711. The Bertz CT molecular complexity index is 393. The van der Waals surface area contributed by atoms with Crippen LogP contribution in [0.1, 0.15) is 19.3 Å². The first-order valence-corrected chi connectivity index (χ1v) is 5.22. The lowest BCUT2D eigenvalue weighted by Gasteiger charge is -2.36. The number of amides is 1. The molecule has 1 fully saturated rings. The number of aromatic nitrogens is 1. The molecule has 5 heteroatoms. The zero-order valence-corrected chi connectivity index (χ0v) is 9.08. The first-order valence-electron chi connectivity index (χ1n) is 5.22. The summed E-state index contributed by atoms with van der Waals surface area (Å²) in [7, 11) is 1.31. The van der Waals surface area contributed by atoms with Crippen LogP contribution in [0.3, 0.4) is 0 Å². The number of esters is 1. The van der Waals surface area contributed by atoms with Gasteiger partial charge in [0.1, 0.15) is 5.41 Å². The highest BCUT2D eigenvalue weighted by Crippen LogP contribution is 2.42. The quantitative estimate of drug-likeness (QED) is 0.598. The minimum atomic E-state index is -0.966. The molecule has 0 atom stereocenters. The van der Waals surface area contributed by atoms with Gasteiger partial charge in [0.15, 0.2) is 0 Å². The molecule has 0 saturated heterocycles. The molecule has 1 aromatic rings. The van der Waals surface area contributed by atoms with Crippen LogP contribution in [0.5, 0.6) is 0 Å². The smallest absolute Gasteiger partial charge is 0.321 e. The molecule has 0 aliphatic heterocycles. The number of carbonyl (C=O) groups excluding carboxylic acids is 2. The van der Waals surface area contributed by atoms with E-state index in [2.05, 4.69) is 10.3 Å². The zero-order chi connectivity index (χ0) is 11.6. The van der Waals surface area contributed by atoms with Crippen molar-refractivity contribution in [2.24, 2.45) is 5.41 Å². The van der Waals surface area contributed by atoms with Crippen LogP contribution in [0, 0.1) is 5.41 Å². The Morgan fingerprint density at radius 3 is 2.69 bits per heavy atom. The van der Waals surface area contributed by atoms with Crippen LogP contribution >= 0.6 is 0 Å². The van der Waals surface area contributed by atoms with Crippen LogP contribution in [0.2, 0.25) is 0 Å². The van der Waals surface area contributed by atoms with Gasteiger partial charge in [-0.25, -0.2) is 0 Å². The van der Waals surface area contributed by atoms with Gasteiger partial charge in [0.2, 0.25) is 5.91 Å². The molecule has 1 aliphatic carbocycles. The molecule has 16 heavy (non-hydrogen) atoms. The Morgan fingerprint density at radius 2 is 2.25 bits per heavy atom.